The Morgan fingerprint density at radius 1 is 1.21 bits per heavy atom. The van der Waals surface area contributed by atoms with E-state index in [2.05, 4.69) is 9.98 Å². The maximum atomic E-state index is 10.1. The molecule has 0 bridgehead atoms. The number of rotatable bonds is 1. The molecule has 19 heavy (non-hydrogen) atoms. The van der Waals surface area contributed by atoms with Gasteiger partial charge in [-0.25, -0.2) is 4.99 Å². The van der Waals surface area contributed by atoms with Crippen LogP contribution in [-0.2, 0) is 9.47 Å². The zero-order valence-electron chi connectivity index (χ0n) is 12.2. The number of aliphatic imine (C=N–C) groups is 2. The quantitative estimate of drug-likeness (QED) is 0.738. The van der Waals surface area contributed by atoms with Crippen molar-refractivity contribution in [1.29, 1.82) is 0 Å². The van der Waals surface area contributed by atoms with Gasteiger partial charge in [-0.2, -0.15) is 0 Å². The third-order valence-corrected chi connectivity index (χ3v) is 2.94. The fourth-order valence-corrected chi connectivity index (χ4v) is 1.87. The molecular weight excluding hydrogens is 244 g/mol. The minimum atomic E-state index is -0.723. The zero-order chi connectivity index (χ0) is 14.3. The van der Waals surface area contributed by atoms with E-state index in [1.54, 1.807) is 7.11 Å². The molecule has 0 aliphatic carbocycles. The van der Waals surface area contributed by atoms with E-state index in [1.165, 1.54) is 7.11 Å². The summed E-state index contributed by atoms with van der Waals surface area (Å²) in [6, 6.07) is -0.229. The fourth-order valence-electron chi connectivity index (χ4n) is 1.87. The molecule has 5 heteroatoms. The van der Waals surface area contributed by atoms with Gasteiger partial charge in [0.05, 0.1) is 14.2 Å². The molecule has 0 saturated carbocycles. The van der Waals surface area contributed by atoms with Gasteiger partial charge in [-0.05, 0) is 12.3 Å². The largest absolute Gasteiger partial charge is 0.483 e. The molecule has 5 nitrogen and oxygen atoms in total. The fraction of sp³-hybridized carbons (Fsp3) is 0.714. The molecule has 0 radical (unpaired) electrons. The van der Waals surface area contributed by atoms with Crippen molar-refractivity contribution in [3.8, 4) is 0 Å². The van der Waals surface area contributed by atoms with Gasteiger partial charge in [-0.15, -0.1) is 0 Å². The van der Waals surface area contributed by atoms with E-state index in [9.17, 15) is 5.11 Å². The van der Waals surface area contributed by atoms with E-state index in [0.717, 1.165) is 6.42 Å². The number of ether oxygens (including phenoxy) is 2. The van der Waals surface area contributed by atoms with Crippen LogP contribution >= 0.6 is 0 Å². The van der Waals surface area contributed by atoms with Crippen molar-refractivity contribution in [3.63, 3.8) is 0 Å². The Morgan fingerprint density at radius 2 is 1.89 bits per heavy atom. The van der Waals surface area contributed by atoms with Crippen LogP contribution in [0.5, 0.6) is 0 Å². The van der Waals surface area contributed by atoms with Gasteiger partial charge in [0.15, 0.2) is 0 Å². The van der Waals surface area contributed by atoms with Crippen molar-refractivity contribution in [3.05, 3.63) is 12.2 Å². The van der Waals surface area contributed by atoms with Crippen molar-refractivity contribution in [2.75, 3.05) is 20.8 Å². The summed E-state index contributed by atoms with van der Waals surface area (Å²) < 4.78 is 10.6. The summed E-state index contributed by atoms with van der Waals surface area (Å²) in [5.41, 5.74) is 0. The number of aliphatic hydroxyl groups is 1. The SMILES string of the molecule is COC1=N[C@H](C(C)C)C(OC)=NCC/C=C\C[C@H]1O. The van der Waals surface area contributed by atoms with Gasteiger partial charge in [0.2, 0.25) is 11.8 Å². The highest BCUT2D eigenvalue weighted by molar-refractivity contribution is 5.88. The lowest BCUT2D eigenvalue weighted by Crippen LogP contribution is -2.31. The predicted octanol–water partition coefficient (Wildman–Crippen LogP) is 1.81. The van der Waals surface area contributed by atoms with Crippen LogP contribution in [0.1, 0.15) is 26.7 Å². The lowest BCUT2D eigenvalue weighted by Gasteiger charge is -2.20. The molecule has 1 heterocycles. The first-order chi connectivity index (χ1) is 9.10. The molecule has 2 atom stereocenters. The maximum Gasteiger partial charge on any atom is 0.213 e. The number of aliphatic hydroxyl groups excluding tert-OH is 1. The summed E-state index contributed by atoms with van der Waals surface area (Å²) in [5, 5.41) is 10.1. The van der Waals surface area contributed by atoms with Gasteiger partial charge in [0.1, 0.15) is 12.1 Å². The van der Waals surface area contributed by atoms with Gasteiger partial charge in [0, 0.05) is 13.0 Å². The Morgan fingerprint density at radius 3 is 2.47 bits per heavy atom. The second kappa shape index (κ2) is 7.94. The third kappa shape index (κ3) is 4.67. The van der Waals surface area contributed by atoms with Gasteiger partial charge in [-0.3, -0.25) is 4.99 Å². The van der Waals surface area contributed by atoms with Crippen LogP contribution in [0, 0.1) is 5.92 Å². The van der Waals surface area contributed by atoms with E-state index < -0.39 is 6.10 Å². The molecule has 0 aromatic rings. The number of hydrogen-bond acceptors (Lipinski definition) is 5. The van der Waals surface area contributed by atoms with E-state index >= 15 is 0 Å². The molecule has 1 rings (SSSR count). The first kappa shape index (κ1) is 15.7. The summed E-state index contributed by atoms with van der Waals surface area (Å²) in [5.74, 6) is 1.13. The van der Waals surface area contributed by atoms with E-state index in [-0.39, 0.29) is 12.0 Å². The number of hydrogen-bond donors (Lipinski definition) is 1. The molecule has 0 spiro atoms. The van der Waals surface area contributed by atoms with Crippen molar-refractivity contribution in [1.82, 2.24) is 0 Å². The van der Waals surface area contributed by atoms with Gasteiger partial charge in [-0.1, -0.05) is 26.0 Å². The van der Waals surface area contributed by atoms with Gasteiger partial charge in [0.25, 0.3) is 0 Å². The molecule has 0 saturated heterocycles. The normalized spacial score (nSPS) is 27.1. The number of methoxy groups -OCH3 is 2. The van der Waals surface area contributed by atoms with Crippen LogP contribution < -0.4 is 0 Å². The van der Waals surface area contributed by atoms with Crippen molar-refractivity contribution in [2.45, 2.75) is 38.8 Å². The second-order valence-corrected chi connectivity index (χ2v) is 4.80. The lowest BCUT2D eigenvalue weighted by atomic mass is 10.0. The zero-order valence-corrected chi connectivity index (χ0v) is 12.2. The van der Waals surface area contributed by atoms with Crippen LogP contribution in [0.15, 0.2) is 22.1 Å². The molecule has 1 aliphatic rings. The lowest BCUT2D eigenvalue weighted by molar-refractivity contribution is 0.204. The van der Waals surface area contributed by atoms with Crippen molar-refractivity contribution < 1.29 is 14.6 Å². The van der Waals surface area contributed by atoms with Crippen LogP contribution in [-0.4, -0.2) is 49.8 Å². The smallest absolute Gasteiger partial charge is 0.213 e. The topological polar surface area (TPSA) is 63.4 Å². The van der Waals surface area contributed by atoms with E-state index in [0.29, 0.717) is 24.8 Å². The Kier molecular flexibility index (Phi) is 6.56. The summed E-state index contributed by atoms with van der Waals surface area (Å²) in [7, 11) is 3.12. The molecule has 1 N–H and O–H groups in total. The van der Waals surface area contributed by atoms with Crippen LogP contribution in [0.4, 0.5) is 0 Å². The van der Waals surface area contributed by atoms with Crippen LogP contribution in [0.2, 0.25) is 0 Å². The minimum Gasteiger partial charge on any atom is -0.483 e. The average Bonchev–Trinajstić information content (AvgIpc) is 2.42. The Bertz CT molecular complexity index is 362. The molecule has 108 valence electrons. The summed E-state index contributed by atoms with van der Waals surface area (Å²) in [4.78, 5) is 8.93. The van der Waals surface area contributed by atoms with Gasteiger partial charge >= 0.3 is 0 Å². The van der Waals surface area contributed by atoms with Crippen molar-refractivity contribution >= 4 is 11.8 Å². The standard InChI is InChI=1S/C14H24N2O3/c1-10(2)12-14(19-4)15-9-7-5-6-8-11(17)13(16-12)18-3/h5-6,10-12,17H,7-9H2,1-4H3/b6-5-,15-14?,16-13?/t11-,12-/m1/s1. The first-order valence-electron chi connectivity index (χ1n) is 6.63. The molecule has 0 aromatic heterocycles. The van der Waals surface area contributed by atoms with E-state index in [1.807, 2.05) is 26.0 Å². The molecule has 1 aliphatic heterocycles. The molecule has 0 fully saturated rings. The first-order valence-corrected chi connectivity index (χ1v) is 6.63. The molecule has 0 unspecified atom stereocenters. The number of nitrogens with zero attached hydrogens (tertiary/aromatic N) is 2. The van der Waals surface area contributed by atoms with Gasteiger partial charge < -0.3 is 14.6 Å². The highest BCUT2D eigenvalue weighted by atomic mass is 16.5. The highest BCUT2D eigenvalue weighted by Gasteiger charge is 2.23. The van der Waals surface area contributed by atoms with Crippen LogP contribution in [0.3, 0.4) is 0 Å². The summed E-state index contributed by atoms with van der Waals surface area (Å²) in [6.45, 7) is 4.75. The predicted molar refractivity (Wildman–Crippen MR) is 76.8 cm³/mol. The maximum absolute atomic E-state index is 10.1. The molecule has 0 aromatic carbocycles. The molecule has 0 amide bonds. The Hall–Kier alpha value is -1.36. The third-order valence-electron chi connectivity index (χ3n) is 2.94. The van der Waals surface area contributed by atoms with Crippen molar-refractivity contribution in [2.24, 2.45) is 15.9 Å². The Labute approximate surface area is 115 Å². The summed E-state index contributed by atoms with van der Waals surface area (Å²) >= 11 is 0. The Balaban J connectivity index is 3.11. The second-order valence-electron chi connectivity index (χ2n) is 4.80. The minimum absolute atomic E-state index is 0.213. The summed E-state index contributed by atoms with van der Waals surface area (Å²) in [6.07, 6.45) is 4.53. The van der Waals surface area contributed by atoms with E-state index in [4.69, 9.17) is 9.47 Å². The highest BCUT2D eigenvalue weighted by Crippen LogP contribution is 2.13. The van der Waals surface area contributed by atoms with Crippen LogP contribution in [0.25, 0.3) is 0 Å². The molecular formula is C14H24N2O3. The average molecular weight is 268 g/mol. The monoisotopic (exact) mass is 268 g/mol.